The predicted octanol–water partition coefficient (Wildman–Crippen LogP) is 2.80. The first-order chi connectivity index (χ1) is 9.51. The van der Waals surface area contributed by atoms with Crippen LogP contribution in [0.2, 0.25) is 0 Å². The summed E-state index contributed by atoms with van der Waals surface area (Å²) in [6.07, 6.45) is 0. The smallest absolute Gasteiger partial charge is 0.271 e. The van der Waals surface area contributed by atoms with Gasteiger partial charge in [0.2, 0.25) is 0 Å². The molecule has 0 amide bonds. The Morgan fingerprint density at radius 2 is 2.05 bits per heavy atom. The highest BCUT2D eigenvalue weighted by Gasteiger charge is 2.17. The van der Waals surface area contributed by atoms with E-state index in [1.54, 1.807) is 12.1 Å². The second kappa shape index (κ2) is 6.34. The lowest BCUT2D eigenvalue weighted by Gasteiger charge is -2.05. The zero-order valence-electron chi connectivity index (χ0n) is 10.9. The van der Waals surface area contributed by atoms with Crippen LogP contribution in [0.5, 0.6) is 0 Å². The molecule has 20 heavy (non-hydrogen) atoms. The van der Waals surface area contributed by atoms with Crippen molar-refractivity contribution in [2.24, 2.45) is 0 Å². The topological polar surface area (TPSA) is 58.2 Å². The lowest BCUT2D eigenvalue weighted by atomic mass is 10.3. The van der Waals surface area contributed by atoms with Gasteiger partial charge >= 0.3 is 0 Å². The van der Waals surface area contributed by atoms with E-state index in [-0.39, 0.29) is 9.90 Å². The zero-order valence-corrected chi connectivity index (χ0v) is 12.5. The van der Waals surface area contributed by atoms with Gasteiger partial charge in [-0.25, -0.2) is 12.8 Å². The minimum Gasteiger partial charge on any atom is -0.312 e. The summed E-state index contributed by atoms with van der Waals surface area (Å²) in [7, 11) is -3.66. The third-order valence-corrected chi connectivity index (χ3v) is 5.49. The third kappa shape index (κ3) is 3.78. The number of halogens is 1. The second-order valence-electron chi connectivity index (χ2n) is 4.12. The van der Waals surface area contributed by atoms with E-state index in [1.807, 2.05) is 6.92 Å². The van der Waals surface area contributed by atoms with E-state index in [0.717, 1.165) is 17.5 Å². The summed E-state index contributed by atoms with van der Waals surface area (Å²) < 4.78 is 39.9. The van der Waals surface area contributed by atoms with E-state index in [4.69, 9.17) is 0 Å². The van der Waals surface area contributed by atoms with Crippen molar-refractivity contribution in [2.75, 3.05) is 11.3 Å². The first-order valence-electron chi connectivity index (χ1n) is 6.09. The minimum absolute atomic E-state index is 0.214. The Morgan fingerprint density at radius 3 is 2.75 bits per heavy atom. The first-order valence-corrected chi connectivity index (χ1v) is 8.39. The van der Waals surface area contributed by atoms with Crippen LogP contribution in [-0.2, 0) is 16.6 Å². The van der Waals surface area contributed by atoms with Crippen LogP contribution in [0.4, 0.5) is 10.1 Å². The Bertz CT molecular complexity index is 683. The maximum atomic E-state index is 13.0. The van der Waals surface area contributed by atoms with Gasteiger partial charge in [0.15, 0.2) is 0 Å². The number of benzene rings is 1. The lowest BCUT2D eigenvalue weighted by Crippen LogP contribution is -2.12. The molecule has 0 saturated carbocycles. The molecular formula is C13H15FN2O2S2. The highest BCUT2D eigenvalue weighted by atomic mass is 32.2. The van der Waals surface area contributed by atoms with Gasteiger partial charge in [0.25, 0.3) is 10.0 Å². The molecule has 7 heteroatoms. The molecule has 0 saturated heterocycles. The SMILES string of the molecule is CCNCc1ccc(S(=O)(=O)Nc2cccc(F)c2)s1. The summed E-state index contributed by atoms with van der Waals surface area (Å²) in [6, 6.07) is 8.70. The Labute approximate surface area is 121 Å². The number of hydrogen-bond acceptors (Lipinski definition) is 4. The van der Waals surface area contributed by atoms with Crippen LogP contribution in [0.25, 0.3) is 0 Å². The summed E-state index contributed by atoms with van der Waals surface area (Å²) in [6.45, 7) is 3.44. The van der Waals surface area contributed by atoms with Crippen LogP contribution in [0.3, 0.4) is 0 Å². The Kier molecular flexibility index (Phi) is 4.74. The lowest BCUT2D eigenvalue weighted by molar-refractivity contribution is 0.603. The van der Waals surface area contributed by atoms with Crippen LogP contribution < -0.4 is 10.0 Å². The van der Waals surface area contributed by atoms with Crippen LogP contribution in [-0.4, -0.2) is 15.0 Å². The summed E-state index contributed by atoms with van der Waals surface area (Å²) >= 11 is 1.20. The molecule has 1 aromatic heterocycles. The maximum absolute atomic E-state index is 13.0. The molecule has 0 bridgehead atoms. The standard InChI is InChI=1S/C13H15FN2O2S2/c1-2-15-9-12-6-7-13(19-12)20(17,18)16-11-5-3-4-10(14)8-11/h3-8,15-16H,2,9H2,1H3. The highest BCUT2D eigenvalue weighted by molar-refractivity contribution is 7.94. The fourth-order valence-corrected chi connectivity index (χ4v) is 3.98. The van der Waals surface area contributed by atoms with Crippen LogP contribution in [0, 0.1) is 5.82 Å². The van der Waals surface area contributed by atoms with Gasteiger partial charge in [-0.05, 0) is 36.9 Å². The summed E-state index contributed by atoms with van der Waals surface area (Å²) in [5, 5.41) is 3.13. The summed E-state index contributed by atoms with van der Waals surface area (Å²) in [4.78, 5) is 0.937. The van der Waals surface area contributed by atoms with Gasteiger partial charge in [0.05, 0.1) is 5.69 Å². The number of thiophene rings is 1. The van der Waals surface area contributed by atoms with Crippen molar-refractivity contribution in [3.63, 3.8) is 0 Å². The van der Waals surface area contributed by atoms with E-state index in [1.165, 1.54) is 29.5 Å². The molecule has 0 spiro atoms. The number of anilines is 1. The van der Waals surface area contributed by atoms with Gasteiger partial charge in [-0.1, -0.05) is 13.0 Å². The molecule has 0 fully saturated rings. The molecule has 2 rings (SSSR count). The van der Waals surface area contributed by atoms with Crippen molar-refractivity contribution in [1.29, 1.82) is 0 Å². The Hall–Kier alpha value is -1.44. The molecule has 0 radical (unpaired) electrons. The second-order valence-corrected chi connectivity index (χ2v) is 7.19. The molecule has 0 aliphatic rings. The molecule has 1 heterocycles. The first kappa shape index (κ1) is 15.0. The van der Waals surface area contributed by atoms with Crippen molar-refractivity contribution in [2.45, 2.75) is 17.7 Å². The van der Waals surface area contributed by atoms with Crippen molar-refractivity contribution >= 4 is 27.0 Å². The van der Waals surface area contributed by atoms with Crippen molar-refractivity contribution < 1.29 is 12.8 Å². The van der Waals surface area contributed by atoms with Crippen LogP contribution in [0.15, 0.2) is 40.6 Å². The van der Waals surface area contributed by atoms with E-state index < -0.39 is 15.8 Å². The number of sulfonamides is 1. The molecular weight excluding hydrogens is 299 g/mol. The fraction of sp³-hybridized carbons (Fsp3) is 0.231. The molecule has 0 unspecified atom stereocenters. The van der Waals surface area contributed by atoms with Gasteiger partial charge in [-0.15, -0.1) is 11.3 Å². The molecule has 4 nitrogen and oxygen atoms in total. The highest BCUT2D eigenvalue weighted by Crippen LogP contribution is 2.24. The quantitative estimate of drug-likeness (QED) is 0.862. The number of rotatable bonds is 6. The van der Waals surface area contributed by atoms with Gasteiger partial charge in [-0.2, -0.15) is 0 Å². The monoisotopic (exact) mass is 314 g/mol. The van der Waals surface area contributed by atoms with E-state index in [9.17, 15) is 12.8 Å². The fourth-order valence-electron chi connectivity index (χ4n) is 1.60. The molecule has 0 atom stereocenters. The number of nitrogens with one attached hydrogen (secondary N) is 2. The van der Waals surface area contributed by atoms with Gasteiger partial charge < -0.3 is 5.32 Å². The molecule has 0 aliphatic carbocycles. The minimum atomic E-state index is -3.66. The zero-order chi connectivity index (χ0) is 14.6. The third-order valence-electron chi connectivity index (χ3n) is 2.53. The van der Waals surface area contributed by atoms with Crippen molar-refractivity contribution in [3.05, 3.63) is 47.1 Å². The molecule has 0 aliphatic heterocycles. The average Bonchev–Trinajstić information content (AvgIpc) is 2.85. The molecule has 2 aromatic rings. The normalized spacial score (nSPS) is 11.5. The Morgan fingerprint density at radius 1 is 1.25 bits per heavy atom. The molecule has 108 valence electrons. The average molecular weight is 314 g/mol. The van der Waals surface area contributed by atoms with Gasteiger partial charge in [-0.3, -0.25) is 4.72 Å². The molecule has 1 aromatic carbocycles. The molecule has 2 N–H and O–H groups in total. The van der Waals surface area contributed by atoms with E-state index >= 15 is 0 Å². The largest absolute Gasteiger partial charge is 0.312 e. The summed E-state index contributed by atoms with van der Waals surface area (Å²) in [5.74, 6) is -0.482. The van der Waals surface area contributed by atoms with Crippen molar-refractivity contribution in [3.8, 4) is 0 Å². The summed E-state index contributed by atoms with van der Waals surface area (Å²) in [5.41, 5.74) is 0.214. The Balaban J connectivity index is 2.16. The number of hydrogen-bond donors (Lipinski definition) is 2. The van der Waals surface area contributed by atoms with E-state index in [2.05, 4.69) is 10.0 Å². The maximum Gasteiger partial charge on any atom is 0.271 e. The van der Waals surface area contributed by atoms with E-state index in [0.29, 0.717) is 6.54 Å². The van der Waals surface area contributed by atoms with Gasteiger partial charge in [0, 0.05) is 11.4 Å². The predicted molar refractivity (Wildman–Crippen MR) is 78.9 cm³/mol. The van der Waals surface area contributed by atoms with Gasteiger partial charge in [0.1, 0.15) is 10.0 Å². The van der Waals surface area contributed by atoms with Crippen molar-refractivity contribution in [1.82, 2.24) is 5.32 Å². The van der Waals surface area contributed by atoms with Crippen LogP contribution in [0.1, 0.15) is 11.8 Å². The van der Waals surface area contributed by atoms with Crippen LogP contribution >= 0.6 is 11.3 Å².